The summed E-state index contributed by atoms with van der Waals surface area (Å²) in [5, 5.41) is 3.20. The normalized spacial score (nSPS) is 30.7. The standard InChI is InChI=1S/C17H29N3O2/c1-19-8-10-20(11-9-19)17(22)15-12-14(15)16(21)18-13-6-4-2-3-5-7-13/h13-15H,2-12H2,1H3,(H,18,21). The van der Waals surface area contributed by atoms with Crippen molar-refractivity contribution >= 4 is 11.8 Å². The molecule has 3 rings (SSSR count). The lowest BCUT2D eigenvalue weighted by Crippen LogP contribution is -2.48. The highest BCUT2D eigenvalue weighted by molar-refractivity contribution is 5.92. The quantitative estimate of drug-likeness (QED) is 0.798. The number of rotatable bonds is 3. The number of nitrogens with zero attached hydrogens (tertiary/aromatic N) is 2. The van der Waals surface area contributed by atoms with E-state index in [1.807, 2.05) is 4.90 Å². The molecule has 124 valence electrons. The van der Waals surface area contributed by atoms with Crippen LogP contribution in [-0.4, -0.2) is 60.9 Å². The maximum absolute atomic E-state index is 12.5. The molecule has 0 bridgehead atoms. The van der Waals surface area contributed by atoms with E-state index >= 15 is 0 Å². The summed E-state index contributed by atoms with van der Waals surface area (Å²) in [5.41, 5.74) is 0. The molecule has 1 saturated heterocycles. The highest BCUT2D eigenvalue weighted by Crippen LogP contribution is 2.40. The molecule has 1 heterocycles. The van der Waals surface area contributed by atoms with Crippen molar-refractivity contribution in [3.8, 4) is 0 Å². The highest BCUT2D eigenvalue weighted by atomic mass is 16.2. The van der Waals surface area contributed by atoms with Gasteiger partial charge < -0.3 is 15.1 Å². The predicted molar refractivity (Wildman–Crippen MR) is 85.3 cm³/mol. The number of carbonyl (C=O) groups is 2. The molecule has 3 fully saturated rings. The molecular formula is C17H29N3O2. The minimum absolute atomic E-state index is 0.0471. The van der Waals surface area contributed by atoms with Crippen LogP contribution in [0, 0.1) is 11.8 Å². The average Bonchev–Trinajstić information content (AvgIpc) is 3.32. The molecule has 0 aromatic heterocycles. The van der Waals surface area contributed by atoms with E-state index in [1.165, 1.54) is 25.7 Å². The number of nitrogens with one attached hydrogen (secondary N) is 1. The number of piperazine rings is 1. The Hall–Kier alpha value is -1.10. The Balaban J connectivity index is 1.44. The maximum Gasteiger partial charge on any atom is 0.226 e. The number of hydrogen-bond acceptors (Lipinski definition) is 3. The first-order chi connectivity index (χ1) is 10.6. The first-order valence-corrected chi connectivity index (χ1v) is 8.93. The second-order valence-corrected chi connectivity index (χ2v) is 7.27. The average molecular weight is 307 g/mol. The van der Waals surface area contributed by atoms with Gasteiger partial charge in [0.2, 0.25) is 11.8 Å². The third-order valence-electron chi connectivity index (χ3n) is 5.46. The zero-order valence-electron chi connectivity index (χ0n) is 13.7. The topological polar surface area (TPSA) is 52.7 Å². The lowest BCUT2D eigenvalue weighted by molar-refractivity contribution is -0.136. The molecule has 2 amide bonds. The summed E-state index contributed by atoms with van der Waals surface area (Å²) in [6, 6.07) is 0.343. The monoisotopic (exact) mass is 307 g/mol. The van der Waals surface area contributed by atoms with Gasteiger partial charge in [-0.1, -0.05) is 25.7 Å². The number of carbonyl (C=O) groups excluding carboxylic acids is 2. The van der Waals surface area contributed by atoms with E-state index in [2.05, 4.69) is 17.3 Å². The van der Waals surface area contributed by atoms with E-state index in [0.29, 0.717) is 6.04 Å². The number of hydrogen-bond donors (Lipinski definition) is 1. The van der Waals surface area contributed by atoms with Gasteiger partial charge in [-0.3, -0.25) is 9.59 Å². The zero-order valence-corrected chi connectivity index (χ0v) is 13.7. The van der Waals surface area contributed by atoms with Crippen molar-refractivity contribution in [1.29, 1.82) is 0 Å². The van der Waals surface area contributed by atoms with Gasteiger partial charge in [-0.05, 0) is 26.3 Å². The van der Waals surface area contributed by atoms with Gasteiger partial charge in [0, 0.05) is 32.2 Å². The van der Waals surface area contributed by atoms with Crippen molar-refractivity contribution in [3.63, 3.8) is 0 Å². The van der Waals surface area contributed by atoms with Crippen LogP contribution in [0.4, 0.5) is 0 Å². The van der Waals surface area contributed by atoms with E-state index in [4.69, 9.17) is 0 Å². The Morgan fingerprint density at radius 2 is 1.55 bits per heavy atom. The molecule has 5 heteroatoms. The zero-order chi connectivity index (χ0) is 15.5. The van der Waals surface area contributed by atoms with Gasteiger partial charge in [0.25, 0.3) is 0 Å². The first-order valence-electron chi connectivity index (χ1n) is 8.93. The Labute approximate surface area is 133 Å². The van der Waals surface area contributed by atoms with Gasteiger partial charge in [-0.25, -0.2) is 0 Å². The molecule has 5 nitrogen and oxygen atoms in total. The Morgan fingerprint density at radius 3 is 2.18 bits per heavy atom. The predicted octanol–water partition coefficient (Wildman–Crippen LogP) is 1.24. The minimum Gasteiger partial charge on any atom is -0.353 e. The van der Waals surface area contributed by atoms with Crippen LogP contribution in [0.15, 0.2) is 0 Å². The van der Waals surface area contributed by atoms with E-state index in [0.717, 1.165) is 45.4 Å². The summed E-state index contributed by atoms with van der Waals surface area (Å²) in [6.07, 6.45) is 7.99. The molecule has 1 aliphatic heterocycles. The van der Waals surface area contributed by atoms with Crippen LogP contribution in [0.5, 0.6) is 0 Å². The Bertz CT molecular complexity index is 410. The van der Waals surface area contributed by atoms with Crippen molar-refractivity contribution < 1.29 is 9.59 Å². The smallest absolute Gasteiger partial charge is 0.226 e. The Morgan fingerprint density at radius 1 is 0.909 bits per heavy atom. The van der Waals surface area contributed by atoms with Gasteiger partial charge in [0.05, 0.1) is 11.8 Å². The van der Waals surface area contributed by atoms with Gasteiger partial charge in [0.1, 0.15) is 0 Å². The third-order valence-corrected chi connectivity index (χ3v) is 5.46. The summed E-state index contributed by atoms with van der Waals surface area (Å²) >= 11 is 0. The summed E-state index contributed by atoms with van der Waals surface area (Å²) in [7, 11) is 2.09. The van der Waals surface area contributed by atoms with Crippen LogP contribution >= 0.6 is 0 Å². The van der Waals surface area contributed by atoms with Crippen LogP contribution in [0.3, 0.4) is 0 Å². The van der Waals surface area contributed by atoms with Crippen molar-refractivity contribution in [1.82, 2.24) is 15.1 Å². The molecule has 22 heavy (non-hydrogen) atoms. The molecule has 0 spiro atoms. The largest absolute Gasteiger partial charge is 0.353 e. The van der Waals surface area contributed by atoms with Crippen molar-refractivity contribution in [2.45, 2.75) is 51.0 Å². The van der Waals surface area contributed by atoms with Crippen molar-refractivity contribution in [2.75, 3.05) is 33.2 Å². The summed E-state index contributed by atoms with van der Waals surface area (Å²) in [6.45, 7) is 3.50. The Kier molecular flexibility index (Phi) is 5.01. The lowest BCUT2D eigenvalue weighted by atomic mass is 10.1. The van der Waals surface area contributed by atoms with Crippen LogP contribution in [-0.2, 0) is 9.59 Å². The van der Waals surface area contributed by atoms with E-state index in [9.17, 15) is 9.59 Å². The molecule has 0 aromatic carbocycles. The molecule has 2 saturated carbocycles. The third kappa shape index (κ3) is 3.80. The fraction of sp³-hybridized carbons (Fsp3) is 0.882. The molecule has 2 unspecified atom stereocenters. The molecule has 2 aliphatic carbocycles. The lowest BCUT2D eigenvalue weighted by Gasteiger charge is -2.32. The molecule has 0 aromatic rings. The SMILES string of the molecule is CN1CCN(C(=O)C2CC2C(=O)NC2CCCCCC2)CC1. The van der Waals surface area contributed by atoms with E-state index in [-0.39, 0.29) is 23.7 Å². The van der Waals surface area contributed by atoms with Crippen molar-refractivity contribution in [3.05, 3.63) is 0 Å². The maximum atomic E-state index is 12.5. The second kappa shape index (κ2) is 6.99. The molecule has 3 aliphatic rings. The highest BCUT2D eigenvalue weighted by Gasteiger charge is 2.49. The molecule has 2 atom stereocenters. The number of likely N-dealkylation sites (N-methyl/N-ethyl adjacent to an activating group) is 1. The fourth-order valence-corrected chi connectivity index (χ4v) is 3.75. The summed E-state index contributed by atoms with van der Waals surface area (Å²) in [5.74, 6) is 0.220. The minimum atomic E-state index is -0.0598. The van der Waals surface area contributed by atoms with Gasteiger partial charge in [0.15, 0.2) is 0 Å². The number of amides is 2. The van der Waals surface area contributed by atoms with Crippen LogP contribution in [0.1, 0.15) is 44.9 Å². The van der Waals surface area contributed by atoms with Crippen LogP contribution < -0.4 is 5.32 Å². The van der Waals surface area contributed by atoms with Gasteiger partial charge >= 0.3 is 0 Å². The summed E-state index contributed by atoms with van der Waals surface area (Å²) in [4.78, 5) is 29.0. The van der Waals surface area contributed by atoms with E-state index in [1.54, 1.807) is 0 Å². The molecule has 1 N–H and O–H groups in total. The van der Waals surface area contributed by atoms with E-state index < -0.39 is 0 Å². The van der Waals surface area contributed by atoms with Gasteiger partial charge in [-0.2, -0.15) is 0 Å². The molecule has 0 radical (unpaired) electrons. The second-order valence-electron chi connectivity index (χ2n) is 7.27. The van der Waals surface area contributed by atoms with Crippen LogP contribution in [0.2, 0.25) is 0 Å². The molecular weight excluding hydrogens is 278 g/mol. The fourth-order valence-electron chi connectivity index (χ4n) is 3.75. The summed E-state index contributed by atoms with van der Waals surface area (Å²) < 4.78 is 0. The van der Waals surface area contributed by atoms with Crippen LogP contribution in [0.25, 0.3) is 0 Å². The van der Waals surface area contributed by atoms with Gasteiger partial charge in [-0.15, -0.1) is 0 Å². The van der Waals surface area contributed by atoms with Crippen molar-refractivity contribution in [2.24, 2.45) is 11.8 Å². The first kappa shape index (κ1) is 15.8.